The molecule has 0 bridgehead atoms. The zero-order valence-corrected chi connectivity index (χ0v) is 10.9. The Balaban J connectivity index is 1.65. The van der Waals surface area contributed by atoms with Crippen LogP contribution in [0.25, 0.3) is 0 Å². The fourth-order valence-electron chi connectivity index (χ4n) is 2.27. The van der Waals surface area contributed by atoms with Gasteiger partial charge in [-0.1, -0.05) is 23.4 Å². The lowest BCUT2D eigenvalue weighted by atomic mass is 10.1. The van der Waals surface area contributed by atoms with Crippen molar-refractivity contribution in [2.75, 3.05) is 18.5 Å². The van der Waals surface area contributed by atoms with Gasteiger partial charge >= 0.3 is 0 Å². The van der Waals surface area contributed by atoms with E-state index in [1.54, 1.807) is 0 Å². The van der Waals surface area contributed by atoms with Crippen LogP contribution in [0.15, 0.2) is 28.8 Å². The number of fused-ring (bicyclic) bond motifs is 1. The van der Waals surface area contributed by atoms with E-state index < -0.39 is 0 Å². The third-order valence-electron chi connectivity index (χ3n) is 3.23. The molecule has 3 rings (SSSR count). The molecule has 1 aliphatic heterocycles. The van der Waals surface area contributed by atoms with Gasteiger partial charge in [-0.15, -0.1) is 0 Å². The third-order valence-corrected chi connectivity index (χ3v) is 3.23. The van der Waals surface area contributed by atoms with Crippen LogP contribution in [0.2, 0.25) is 0 Å². The lowest BCUT2D eigenvalue weighted by molar-refractivity contribution is 0.149. The Morgan fingerprint density at radius 1 is 1.42 bits per heavy atom. The van der Waals surface area contributed by atoms with Crippen molar-refractivity contribution in [3.63, 3.8) is 0 Å². The van der Waals surface area contributed by atoms with Crippen LogP contribution in [-0.2, 0) is 17.6 Å². The molecule has 1 atom stereocenters. The molecule has 0 amide bonds. The molecule has 2 heterocycles. The minimum atomic E-state index is 0.0887. The van der Waals surface area contributed by atoms with E-state index in [0.717, 1.165) is 12.1 Å². The van der Waals surface area contributed by atoms with Crippen molar-refractivity contribution in [2.45, 2.75) is 25.8 Å². The lowest BCUT2D eigenvalue weighted by Crippen LogP contribution is -2.06. The van der Waals surface area contributed by atoms with Gasteiger partial charge in [0.15, 0.2) is 5.82 Å². The molecule has 19 heavy (non-hydrogen) atoms. The molecule has 1 N–H and O–H groups in total. The monoisotopic (exact) mass is 259 g/mol. The van der Waals surface area contributed by atoms with Gasteiger partial charge in [0, 0.05) is 25.1 Å². The molecule has 0 aliphatic carbocycles. The fourth-order valence-corrected chi connectivity index (χ4v) is 2.27. The second-order valence-electron chi connectivity index (χ2n) is 4.55. The predicted molar refractivity (Wildman–Crippen MR) is 71.0 cm³/mol. The third kappa shape index (κ3) is 2.61. The van der Waals surface area contributed by atoms with Crippen LogP contribution < -0.4 is 5.32 Å². The molecule has 1 unspecified atom stereocenters. The molecule has 0 saturated heterocycles. The average molecular weight is 259 g/mol. The number of ether oxygens (including phenoxy) is 1. The van der Waals surface area contributed by atoms with Crippen LogP contribution in [0.3, 0.4) is 0 Å². The van der Waals surface area contributed by atoms with Gasteiger partial charge in [0.1, 0.15) is 6.04 Å². The number of rotatable bonds is 5. The van der Waals surface area contributed by atoms with Crippen LogP contribution in [0.5, 0.6) is 0 Å². The zero-order valence-electron chi connectivity index (χ0n) is 10.9. The standard InChI is InChI=1S/C14H17N3O2/c1-2-18-8-7-13-16-14(19-17-13)12-9-10-5-3-4-6-11(10)15-12/h3-6,12,15H,2,7-9H2,1H3. The molecule has 0 saturated carbocycles. The maximum absolute atomic E-state index is 5.33. The van der Waals surface area contributed by atoms with Crippen LogP contribution in [0, 0.1) is 0 Å². The first kappa shape index (κ1) is 12.2. The largest absolute Gasteiger partial charge is 0.381 e. The van der Waals surface area contributed by atoms with Crippen molar-refractivity contribution in [3.8, 4) is 0 Å². The Bertz CT molecular complexity index is 528. The number of para-hydroxylation sites is 1. The summed E-state index contributed by atoms with van der Waals surface area (Å²) in [7, 11) is 0. The average Bonchev–Trinajstić information content (AvgIpc) is 3.04. The molecule has 0 fully saturated rings. The number of hydrogen-bond acceptors (Lipinski definition) is 5. The summed E-state index contributed by atoms with van der Waals surface area (Å²) in [6, 6.07) is 8.35. The SMILES string of the molecule is CCOCCc1noc(C2Cc3ccccc3N2)n1. The highest BCUT2D eigenvalue weighted by Gasteiger charge is 2.26. The van der Waals surface area contributed by atoms with Crippen molar-refractivity contribution in [1.82, 2.24) is 10.1 Å². The normalized spacial score (nSPS) is 17.2. The summed E-state index contributed by atoms with van der Waals surface area (Å²) in [6.07, 6.45) is 1.58. The summed E-state index contributed by atoms with van der Waals surface area (Å²) in [5.41, 5.74) is 2.45. The van der Waals surface area contributed by atoms with Crippen molar-refractivity contribution in [3.05, 3.63) is 41.5 Å². The maximum Gasteiger partial charge on any atom is 0.249 e. The highest BCUT2D eigenvalue weighted by atomic mass is 16.5. The second kappa shape index (κ2) is 5.40. The molecular weight excluding hydrogens is 242 g/mol. The smallest absolute Gasteiger partial charge is 0.249 e. The number of hydrogen-bond donors (Lipinski definition) is 1. The predicted octanol–water partition coefficient (Wildman–Crippen LogP) is 2.36. The van der Waals surface area contributed by atoms with Gasteiger partial charge in [0.05, 0.1) is 6.61 Å². The first-order chi connectivity index (χ1) is 9.36. The summed E-state index contributed by atoms with van der Waals surface area (Å²) in [5.74, 6) is 1.36. The molecule has 100 valence electrons. The number of nitrogens with one attached hydrogen (secondary N) is 1. The van der Waals surface area contributed by atoms with Gasteiger partial charge in [0.2, 0.25) is 5.89 Å². The number of benzene rings is 1. The van der Waals surface area contributed by atoms with Crippen LogP contribution in [0.4, 0.5) is 5.69 Å². The Kier molecular flexibility index (Phi) is 3.46. The number of anilines is 1. The molecule has 1 aromatic carbocycles. The van der Waals surface area contributed by atoms with E-state index in [2.05, 4.69) is 27.6 Å². The molecule has 0 radical (unpaired) electrons. The maximum atomic E-state index is 5.33. The first-order valence-corrected chi connectivity index (χ1v) is 6.61. The highest BCUT2D eigenvalue weighted by molar-refractivity contribution is 5.56. The molecule has 5 heteroatoms. The van der Waals surface area contributed by atoms with Gasteiger partial charge in [-0.05, 0) is 18.6 Å². The van der Waals surface area contributed by atoms with Crippen LogP contribution >= 0.6 is 0 Å². The molecule has 1 aromatic heterocycles. The first-order valence-electron chi connectivity index (χ1n) is 6.61. The second-order valence-corrected chi connectivity index (χ2v) is 4.55. The molecular formula is C14H17N3O2. The minimum absolute atomic E-state index is 0.0887. The Labute approximate surface area is 112 Å². The van der Waals surface area contributed by atoms with Crippen molar-refractivity contribution >= 4 is 5.69 Å². The summed E-state index contributed by atoms with van der Waals surface area (Å²) in [6.45, 7) is 3.32. The minimum Gasteiger partial charge on any atom is -0.381 e. The van der Waals surface area contributed by atoms with E-state index in [1.807, 2.05) is 19.1 Å². The fraction of sp³-hybridized carbons (Fsp3) is 0.429. The van der Waals surface area contributed by atoms with E-state index in [0.29, 0.717) is 31.3 Å². The topological polar surface area (TPSA) is 60.2 Å². The van der Waals surface area contributed by atoms with Crippen molar-refractivity contribution in [2.24, 2.45) is 0 Å². The van der Waals surface area contributed by atoms with Gasteiger partial charge in [-0.25, -0.2) is 0 Å². The zero-order chi connectivity index (χ0) is 13.1. The summed E-state index contributed by atoms with van der Waals surface area (Å²) in [4.78, 5) is 4.43. The van der Waals surface area contributed by atoms with E-state index in [1.165, 1.54) is 5.56 Å². The Morgan fingerprint density at radius 2 is 2.32 bits per heavy atom. The van der Waals surface area contributed by atoms with E-state index in [9.17, 15) is 0 Å². The number of aromatic nitrogens is 2. The van der Waals surface area contributed by atoms with E-state index >= 15 is 0 Å². The van der Waals surface area contributed by atoms with E-state index in [4.69, 9.17) is 9.26 Å². The summed E-state index contributed by atoms with van der Waals surface area (Å²) < 4.78 is 10.6. The van der Waals surface area contributed by atoms with Crippen molar-refractivity contribution in [1.29, 1.82) is 0 Å². The molecule has 2 aromatic rings. The Morgan fingerprint density at radius 3 is 3.16 bits per heavy atom. The number of nitrogens with zero attached hydrogens (tertiary/aromatic N) is 2. The summed E-state index contributed by atoms with van der Waals surface area (Å²) >= 11 is 0. The summed E-state index contributed by atoms with van der Waals surface area (Å²) in [5, 5.41) is 7.39. The van der Waals surface area contributed by atoms with Crippen LogP contribution in [-0.4, -0.2) is 23.4 Å². The molecule has 0 spiro atoms. The van der Waals surface area contributed by atoms with E-state index in [-0.39, 0.29) is 6.04 Å². The van der Waals surface area contributed by atoms with Gasteiger partial charge in [0.25, 0.3) is 0 Å². The van der Waals surface area contributed by atoms with Gasteiger partial charge in [-0.2, -0.15) is 4.98 Å². The van der Waals surface area contributed by atoms with Gasteiger partial charge in [-0.3, -0.25) is 0 Å². The highest BCUT2D eigenvalue weighted by Crippen LogP contribution is 2.32. The van der Waals surface area contributed by atoms with Crippen LogP contribution in [0.1, 0.15) is 30.2 Å². The quantitative estimate of drug-likeness (QED) is 0.835. The molecule has 5 nitrogen and oxygen atoms in total. The van der Waals surface area contributed by atoms with Crippen molar-refractivity contribution < 1.29 is 9.26 Å². The molecule has 1 aliphatic rings. The lowest BCUT2D eigenvalue weighted by Gasteiger charge is -2.04. The van der Waals surface area contributed by atoms with Gasteiger partial charge < -0.3 is 14.6 Å². The Hall–Kier alpha value is -1.88.